The molecule has 0 N–H and O–H groups in total. The molecule has 0 radical (unpaired) electrons. The molecule has 2 aliphatic rings. The Bertz CT molecular complexity index is 299. The summed E-state index contributed by atoms with van der Waals surface area (Å²) in [7, 11) is 2.39. The Labute approximate surface area is 95.3 Å². The van der Waals surface area contributed by atoms with Crippen LogP contribution in [0, 0.1) is 5.92 Å². The number of rotatable bonds is 5. The first-order chi connectivity index (χ1) is 7.74. The van der Waals surface area contributed by atoms with Gasteiger partial charge in [-0.3, -0.25) is 0 Å². The SMILES string of the molecule is CCOC1C2CC(C1OC)N(CB=O)C2=O. The van der Waals surface area contributed by atoms with E-state index in [2.05, 4.69) is 0 Å². The molecule has 0 aromatic heterocycles. The molecule has 1 saturated carbocycles. The van der Waals surface area contributed by atoms with Crippen LogP contribution in [0.1, 0.15) is 13.3 Å². The third-order valence-electron chi connectivity index (χ3n) is 3.50. The van der Waals surface area contributed by atoms with Gasteiger partial charge in [-0.15, -0.1) is 0 Å². The first kappa shape index (κ1) is 11.7. The van der Waals surface area contributed by atoms with Crippen LogP contribution in [0.3, 0.4) is 0 Å². The van der Waals surface area contributed by atoms with Gasteiger partial charge in [0.25, 0.3) is 0 Å². The normalized spacial score (nSPS) is 36.9. The third-order valence-corrected chi connectivity index (χ3v) is 3.50. The van der Waals surface area contributed by atoms with Crippen molar-refractivity contribution in [2.24, 2.45) is 5.92 Å². The van der Waals surface area contributed by atoms with Crippen molar-refractivity contribution in [2.45, 2.75) is 31.6 Å². The first-order valence-corrected chi connectivity index (χ1v) is 5.63. The van der Waals surface area contributed by atoms with E-state index in [-0.39, 0.29) is 36.5 Å². The topological polar surface area (TPSA) is 55.8 Å². The zero-order valence-corrected chi connectivity index (χ0v) is 9.59. The van der Waals surface area contributed by atoms with Gasteiger partial charge in [-0.25, -0.2) is 0 Å². The molecule has 5 nitrogen and oxygen atoms in total. The molecule has 1 saturated heterocycles. The fourth-order valence-corrected chi connectivity index (χ4v) is 2.90. The van der Waals surface area contributed by atoms with E-state index in [4.69, 9.17) is 9.47 Å². The van der Waals surface area contributed by atoms with Crippen LogP contribution in [0.2, 0.25) is 0 Å². The molecule has 1 aliphatic heterocycles. The number of amides is 1. The number of carbonyl (C=O) groups excluding carboxylic acids is 1. The second-order valence-electron chi connectivity index (χ2n) is 4.19. The number of nitrogens with zero attached hydrogens (tertiary/aromatic N) is 1. The molecule has 88 valence electrons. The summed E-state index contributed by atoms with van der Waals surface area (Å²) in [5, 5.41) is 0. The molecule has 1 amide bonds. The second-order valence-corrected chi connectivity index (χ2v) is 4.19. The molecule has 1 aliphatic carbocycles. The van der Waals surface area contributed by atoms with Crippen molar-refractivity contribution in [3.8, 4) is 0 Å². The average molecular weight is 225 g/mol. The van der Waals surface area contributed by atoms with Crippen LogP contribution in [0.25, 0.3) is 0 Å². The predicted octanol–water partition coefficient (Wildman–Crippen LogP) is -0.356. The van der Waals surface area contributed by atoms with E-state index in [9.17, 15) is 9.50 Å². The number of hydrogen-bond donors (Lipinski definition) is 0. The Balaban J connectivity index is 2.15. The van der Waals surface area contributed by atoms with Gasteiger partial charge in [0.15, 0.2) is 0 Å². The first-order valence-electron chi connectivity index (χ1n) is 5.63. The molecule has 0 spiro atoms. The number of ether oxygens (including phenoxy) is 2. The van der Waals surface area contributed by atoms with Crippen molar-refractivity contribution >= 4 is 13.1 Å². The van der Waals surface area contributed by atoms with Crippen molar-refractivity contribution in [1.29, 1.82) is 0 Å². The summed E-state index contributed by atoms with van der Waals surface area (Å²) in [6, 6.07) is 0.00394. The number of hydrogen-bond acceptors (Lipinski definition) is 4. The Morgan fingerprint density at radius 2 is 2.25 bits per heavy atom. The van der Waals surface area contributed by atoms with E-state index in [0.29, 0.717) is 6.61 Å². The van der Waals surface area contributed by atoms with E-state index < -0.39 is 0 Å². The van der Waals surface area contributed by atoms with Crippen molar-refractivity contribution in [2.75, 3.05) is 20.2 Å². The summed E-state index contributed by atoms with van der Waals surface area (Å²) in [5.41, 5.74) is 0. The van der Waals surface area contributed by atoms with E-state index in [1.165, 1.54) is 0 Å². The monoisotopic (exact) mass is 225 g/mol. The molecule has 6 heteroatoms. The quantitative estimate of drug-likeness (QED) is 0.600. The minimum atomic E-state index is -0.143. The summed E-state index contributed by atoms with van der Waals surface area (Å²) < 4.78 is 21.5. The van der Waals surface area contributed by atoms with Crippen LogP contribution in [0.15, 0.2) is 0 Å². The molecule has 4 atom stereocenters. The van der Waals surface area contributed by atoms with Gasteiger partial charge < -0.3 is 0 Å². The van der Waals surface area contributed by atoms with E-state index >= 15 is 0 Å². The van der Waals surface area contributed by atoms with E-state index in [1.807, 2.05) is 6.92 Å². The maximum atomic E-state index is 11.9. The second kappa shape index (κ2) is 4.63. The number of piperidine rings is 1. The molecule has 2 bridgehead atoms. The van der Waals surface area contributed by atoms with Crippen molar-refractivity contribution in [3.05, 3.63) is 0 Å². The van der Waals surface area contributed by atoms with Gasteiger partial charge in [0.05, 0.1) is 0 Å². The van der Waals surface area contributed by atoms with Crippen LogP contribution < -0.4 is 0 Å². The summed E-state index contributed by atoms with van der Waals surface area (Å²) in [6.07, 6.45) is 0.673. The Kier molecular flexibility index (Phi) is 3.40. The maximum absolute atomic E-state index is 11.9. The summed E-state index contributed by atoms with van der Waals surface area (Å²) in [4.78, 5) is 13.5. The van der Waals surface area contributed by atoms with Crippen LogP contribution in [0.5, 0.6) is 0 Å². The Hall–Kier alpha value is -0.745. The summed E-state index contributed by atoms with van der Waals surface area (Å²) in [6.45, 7) is 2.49. The molecule has 16 heavy (non-hydrogen) atoms. The van der Waals surface area contributed by atoms with Crippen LogP contribution >= 0.6 is 0 Å². The molecule has 0 aromatic rings. The zero-order chi connectivity index (χ0) is 11.7. The number of fused-ring (bicyclic) bond motifs is 2. The van der Waals surface area contributed by atoms with Crippen LogP contribution in [-0.2, 0) is 19.0 Å². The van der Waals surface area contributed by atoms with E-state index in [0.717, 1.165) is 13.6 Å². The van der Waals surface area contributed by atoms with Gasteiger partial charge in [0.1, 0.15) is 0 Å². The Morgan fingerprint density at radius 1 is 1.50 bits per heavy atom. The average Bonchev–Trinajstić information content (AvgIpc) is 2.77. The van der Waals surface area contributed by atoms with Gasteiger partial charge >= 0.3 is 94.6 Å². The van der Waals surface area contributed by atoms with Crippen molar-refractivity contribution in [3.63, 3.8) is 0 Å². The standard InChI is InChI=1S/C10H16BNO4/c1-3-16-8-6-4-7(9(8)15-2)12(5-11-14)10(6)13/h6-9H,3-5H2,1-2H3. The van der Waals surface area contributed by atoms with Gasteiger partial charge in [-0.1, -0.05) is 0 Å². The summed E-state index contributed by atoms with van der Waals surface area (Å²) >= 11 is 0. The molecular formula is C10H16BNO4. The van der Waals surface area contributed by atoms with E-state index in [1.54, 1.807) is 12.0 Å². The minimum absolute atomic E-state index is 0.00394. The van der Waals surface area contributed by atoms with Crippen molar-refractivity contribution < 1.29 is 19.0 Å². The number of carbonyl (C=O) groups is 1. The van der Waals surface area contributed by atoms with Gasteiger partial charge in [0.2, 0.25) is 0 Å². The predicted molar refractivity (Wildman–Crippen MR) is 56.3 cm³/mol. The number of likely N-dealkylation sites (tertiary alicyclic amines) is 1. The third kappa shape index (κ3) is 1.60. The summed E-state index contributed by atoms with van der Waals surface area (Å²) in [5.74, 6) is -0.0984. The fraction of sp³-hybridized carbons (Fsp3) is 0.900. The number of methoxy groups -OCH3 is 1. The Morgan fingerprint density at radius 3 is 2.81 bits per heavy atom. The van der Waals surface area contributed by atoms with Gasteiger partial charge in [-0.2, -0.15) is 0 Å². The van der Waals surface area contributed by atoms with Crippen LogP contribution in [0.4, 0.5) is 0 Å². The molecular weight excluding hydrogens is 209 g/mol. The molecule has 2 rings (SSSR count). The van der Waals surface area contributed by atoms with Gasteiger partial charge in [-0.05, 0) is 0 Å². The fourth-order valence-electron chi connectivity index (χ4n) is 2.90. The van der Waals surface area contributed by atoms with Crippen LogP contribution in [-0.4, -0.2) is 56.4 Å². The zero-order valence-electron chi connectivity index (χ0n) is 9.59. The molecule has 2 fully saturated rings. The molecule has 0 aromatic carbocycles. The van der Waals surface area contributed by atoms with Gasteiger partial charge in [0, 0.05) is 0 Å². The molecule has 4 unspecified atom stereocenters. The molecule has 1 heterocycles. The van der Waals surface area contributed by atoms with Crippen molar-refractivity contribution in [1.82, 2.24) is 4.90 Å².